The molecule has 154 valence electrons. The second-order valence-electron chi connectivity index (χ2n) is 5.58. The zero-order chi connectivity index (χ0) is 21.4. The Bertz CT molecular complexity index is 917. The number of nitro groups is 1. The summed E-state index contributed by atoms with van der Waals surface area (Å²) in [5, 5.41) is 13.0. The fraction of sp³-hybridized carbons (Fsp3) is 0.263. The minimum absolute atomic E-state index is 0.00107. The second kappa shape index (κ2) is 10.0. The smallest absolute Gasteiger partial charge is 0.338 e. The summed E-state index contributed by atoms with van der Waals surface area (Å²) in [5.41, 5.74) is -0.626. The molecule has 0 saturated carbocycles. The summed E-state index contributed by atoms with van der Waals surface area (Å²) in [6.45, 7) is 3.74. The number of nitro benzene ring substituents is 1. The first-order valence-corrected chi connectivity index (χ1v) is 8.66. The molecule has 0 aliphatic rings. The number of hydrogen-bond acceptors (Lipinski definition) is 7. The Balaban J connectivity index is 2.00. The first-order chi connectivity index (χ1) is 13.8. The topological polar surface area (TPSA) is 117 Å². The lowest BCUT2D eigenvalue weighted by Gasteiger charge is -2.12. The average Bonchev–Trinajstić information content (AvgIpc) is 2.69. The number of nitrogens with one attached hydrogen (secondary N) is 1. The Morgan fingerprint density at radius 2 is 1.76 bits per heavy atom. The maximum Gasteiger partial charge on any atom is 0.338 e. The van der Waals surface area contributed by atoms with Crippen molar-refractivity contribution in [2.24, 2.45) is 0 Å². The monoisotopic (exact) mass is 406 g/mol. The third-order valence-corrected chi connectivity index (χ3v) is 3.54. The SMILES string of the molecule is CCOc1ccc(C(=O)OCC(=O)Nc2ccc(F)c([N+](=O)[O-])c2)cc1OCC. The van der Waals surface area contributed by atoms with E-state index in [0.29, 0.717) is 24.7 Å². The van der Waals surface area contributed by atoms with E-state index in [1.807, 2.05) is 6.92 Å². The van der Waals surface area contributed by atoms with Crippen LogP contribution >= 0.6 is 0 Å². The summed E-state index contributed by atoms with van der Waals surface area (Å²) >= 11 is 0. The van der Waals surface area contributed by atoms with E-state index in [2.05, 4.69) is 5.32 Å². The number of nitrogens with zero attached hydrogens (tertiary/aromatic N) is 1. The molecule has 10 heteroatoms. The Morgan fingerprint density at radius 1 is 1.07 bits per heavy atom. The minimum Gasteiger partial charge on any atom is -0.490 e. The highest BCUT2D eigenvalue weighted by Crippen LogP contribution is 2.29. The van der Waals surface area contributed by atoms with Crippen LogP contribution in [0.3, 0.4) is 0 Å². The van der Waals surface area contributed by atoms with Crippen LogP contribution in [-0.4, -0.2) is 36.6 Å². The van der Waals surface area contributed by atoms with Crippen molar-refractivity contribution in [2.45, 2.75) is 13.8 Å². The number of carbonyl (C=O) groups is 2. The van der Waals surface area contributed by atoms with Crippen molar-refractivity contribution in [2.75, 3.05) is 25.1 Å². The van der Waals surface area contributed by atoms with Gasteiger partial charge in [0.25, 0.3) is 5.91 Å². The van der Waals surface area contributed by atoms with Crippen LogP contribution in [0.15, 0.2) is 36.4 Å². The van der Waals surface area contributed by atoms with Crippen molar-refractivity contribution in [1.82, 2.24) is 0 Å². The van der Waals surface area contributed by atoms with Gasteiger partial charge in [0.05, 0.1) is 23.7 Å². The Kier molecular flexibility index (Phi) is 7.47. The van der Waals surface area contributed by atoms with Gasteiger partial charge in [-0.3, -0.25) is 14.9 Å². The predicted octanol–water partition coefficient (Wildman–Crippen LogP) is 3.33. The standard InChI is InChI=1S/C19H19FN2O7/c1-3-27-16-8-5-12(9-17(16)28-4-2)19(24)29-11-18(23)21-13-6-7-14(20)15(10-13)22(25)26/h5-10H,3-4,11H2,1-2H3,(H,21,23). The quantitative estimate of drug-likeness (QED) is 0.386. The molecule has 0 fully saturated rings. The number of ether oxygens (including phenoxy) is 3. The summed E-state index contributed by atoms with van der Waals surface area (Å²) in [6, 6.07) is 7.35. The lowest BCUT2D eigenvalue weighted by molar-refractivity contribution is -0.387. The number of anilines is 1. The van der Waals surface area contributed by atoms with E-state index in [1.165, 1.54) is 12.1 Å². The van der Waals surface area contributed by atoms with Crippen LogP contribution in [0.4, 0.5) is 15.8 Å². The van der Waals surface area contributed by atoms with E-state index in [1.54, 1.807) is 13.0 Å². The molecule has 0 aromatic heterocycles. The molecule has 1 amide bonds. The lowest BCUT2D eigenvalue weighted by atomic mass is 10.2. The maximum absolute atomic E-state index is 13.3. The molecular formula is C19H19FN2O7. The minimum atomic E-state index is -1.03. The van der Waals surface area contributed by atoms with E-state index in [9.17, 15) is 24.1 Å². The molecule has 2 rings (SSSR count). The zero-order valence-electron chi connectivity index (χ0n) is 15.8. The molecule has 2 aromatic rings. The summed E-state index contributed by atoms with van der Waals surface area (Å²) < 4.78 is 29.1. The van der Waals surface area contributed by atoms with Crippen LogP contribution < -0.4 is 14.8 Å². The van der Waals surface area contributed by atoms with Crippen LogP contribution in [0.5, 0.6) is 11.5 Å². The molecular weight excluding hydrogens is 387 g/mol. The van der Waals surface area contributed by atoms with Crippen LogP contribution in [0, 0.1) is 15.9 Å². The van der Waals surface area contributed by atoms with Crippen molar-refractivity contribution in [3.05, 3.63) is 57.9 Å². The first kappa shape index (κ1) is 21.6. The number of esters is 1. The Hall–Kier alpha value is -3.69. The van der Waals surface area contributed by atoms with Gasteiger partial charge in [-0.15, -0.1) is 0 Å². The second-order valence-corrected chi connectivity index (χ2v) is 5.58. The van der Waals surface area contributed by atoms with Gasteiger partial charge in [0.2, 0.25) is 5.82 Å². The van der Waals surface area contributed by atoms with Gasteiger partial charge in [0.15, 0.2) is 18.1 Å². The molecule has 2 aromatic carbocycles. The van der Waals surface area contributed by atoms with Gasteiger partial charge in [-0.25, -0.2) is 4.79 Å². The van der Waals surface area contributed by atoms with Crippen molar-refractivity contribution in [3.8, 4) is 11.5 Å². The lowest BCUT2D eigenvalue weighted by Crippen LogP contribution is -2.21. The third kappa shape index (κ3) is 5.89. The molecule has 0 heterocycles. The molecule has 0 saturated heterocycles. The largest absolute Gasteiger partial charge is 0.490 e. The van der Waals surface area contributed by atoms with Gasteiger partial charge in [-0.2, -0.15) is 4.39 Å². The van der Waals surface area contributed by atoms with Gasteiger partial charge in [-0.1, -0.05) is 0 Å². The number of hydrogen-bond donors (Lipinski definition) is 1. The molecule has 0 atom stereocenters. The highest BCUT2D eigenvalue weighted by Gasteiger charge is 2.17. The molecule has 0 aliphatic carbocycles. The Labute approximate surface area is 165 Å². The van der Waals surface area contributed by atoms with E-state index in [4.69, 9.17) is 14.2 Å². The van der Waals surface area contributed by atoms with E-state index >= 15 is 0 Å². The summed E-state index contributed by atoms with van der Waals surface area (Å²) in [4.78, 5) is 33.9. The normalized spacial score (nSPS) is 10.2. The highest BCUT2D eigenvalue weighted by molar-refractivity contribution is 5.96. The van der Waals surface area contributed by atoms with Gasteiger partial charge in [0, 0.05) is 11.8 Å². The van der Waals surface area contributed by atoms with Gasteiger partial charge < -0.3 is 19.5 Å². The summed E-state index contributed by atoms with van der Waals surface area (Å²) in [5.74, 6) is -1.70. The number of carbonyl (C=O) groups excluding carboxylic acids is 2. The first-order valence-electron chi connectivity index (χ1n) is 8.66. The van der Waals surface area contributed by atoms with Crippen molar-refractivity contribution in [3.63, 3.8) is 0 Å². The molecule has 0 unspecified atom stereocenters. The number of benzene rings is 2. The van der Waals surface area contributed by atoms with Gasteiger partial charge >= 0.3 is 11.7 Å². The highest BCUT2D eigenvalue weighted by atomic mass is 19.1. The molecule has 0 bridgehead atoms. The fourth-order valence-electron chi connectivity index (χ4n) is 2.32. The summed E-state index contributed by atoms with van der Waals surface area (Å²) in [7, 11) is 0. The average molecular weight is 406 g/mol. The molecule has 9 nitrogen and oxygen atoms in total. The molecule has 0 radical (unpaired) electrons. The van der Waals surface area contributed by atoms with Crippen molar-refractivity contribution < 1.29 is 33.1 Å². The molecule has 0 aliphatic heterocycles. The van der Waals surface area contributed by atoms with Gasteiger partial charge in [0.1, 0.15) is 0 Å². The fourth-order valence-corrected chi connectivity index (χ4v) is 2.32. The van der Waals surface area contributed by atoms with Crippen LogP contribution in [0.25, 0.3) is 0 Å². The third-order valence-electron chi connectivity index (χ3n) is 3.54. The van der Waals surface area contributed by atoms with Gasteiger partial charge in [-0.05, 0) is 44.2 Å². The maximum atomic E-state index is 13.3. The summed E-state index contributed by atoms with van der Waals surface area (Å²) in [6.07, 6.45) is 0. The molecule has 0 spiro atoms. The molecule has 1 N–H and O–H groups in total. The number of rotatable bonds is 9. The Morgan fingerprint density at radius 3 is 2.41 bits per heavy atom. The van der Waals surface area contributed by atoms with E-state index < -0.39 is 34.9 Å². The zero-order valence-corrected chi connectivity index (χ0v) is 15.8. The van der Waals surface area contributed by atoms with E-state index in [-0.39, 0.29) is 11.3 Å². The van der Waals surface area contributed by atoms with Crippen LogP contribution in [-0.2, 0) is 9.53 Å². The predicted molar refractivity (Wildman–Crippen MR) is 101 cm³/mol. The van der Waals surface area contributed by atoms with Crippen molar-refractivity contribution >= 4 is 23.3 Å². The van der Waals surface area contributed by atoms with Crippen LogP contribution in [0.2, 0.25) is 0 Å². The molecule has 29 heavy (non-hydrogen) atoms. The van der Waals surface area contributed by atoms with E-state index in [0.717, 1.165) is 18.2 Å². The number of amides is 1. The van der Waals surface area contributed by atoms with Crippen LogP contribution in [0.1, 0.15) is 24.2 Å². The van der Waals surface area contributed by atoms with Crippen molar-refractivity contribution in [1.29, 1.82) is 0 Å². The number of halogens is 1.